The van der Waals surface area contributed by atoms with Gasteiger partial charge in [-0.05, 0) is 24.3 Å². The first kappa shape index (κ1) is 14.0. The Labute approximate surface area is 125 Å². The fraction of sp³-hybridized carbons (Fsp3) is 0.133. The van der Waals surface area contributed by atoms with Gasteiger partial charge in [-0.1, -0.05) is 0 Å². The number of carbonyl (C=O) groups is 1. The number of carboxylic acids is 1. The second-order valence-electron chi connectivity index (χ2n) is 4.69. The van der Waals surface area contributed by atoms with E-state index in [0.29, 0.717) is 17.2 Å². The molecular weight excluding hydrogens is 287 g/mol. The van der Waals surface area contributed by atoms with E-state index in [1.54, 1.807) is 35.1 Å². The van der Waals surface area contributed by atoms with Crippen molar-refractivity contribution >= 4 is 17.4 Å². The maximum atomic E-state index is 13.1. The van der Waals surface area contributed by atoms with Gasteiger partial charge in [-0.15, -0.1) is 0 Å². The summed E-state index contributed by atoms with van der Waals surface area (Å²) in [6, 6.07) is 5.98. The minimum absolute atomic E-state index is 0.0127. The Kier molecular flexibility index (Phi) is 3.69. The lowest BCUT2D eigenvalue weighted by Gasteiger charge is -2.07. The fourth-order valence-corrected chi connectivity index (χ4v) is 2.17. The van der Waals surface area contributed by atoms with Crippen molar-refractivity contribution < 1.29 is 14.3 Å². The number of aliphatic carboxylic acids is 1. The van der Waals surface area contributed by atoms with E-state index >= 15 is 0 Å². The van der Waals surface area contributed by atoms with Crippen molar-refractivity contribution in [1.29, 1.82) is 0 Å². The van der Waals surface area contributed by atoms with Crippen LogP contribution in [0.4, 0.5) is 10.2 Å². The van der Waals surface area contributed by atoms with Gasteiger partial charge in [0.05, 0.1) is 12.6 Å². The van der Waals surface area contributed by atoms with Gasteiger partial charge in [0.2, 0.25) is 0 Å². The van der Waals surface area contributed by atoms with Crippen LogP contribution in [0.3, 0.4) is 0 Å². The number of anilines is 1. The van der Waals surface area contributed by atoms with Crippen LogP contribution in [0.1, 0.15) is 6.42 Å². The molecule has 112 valence electrons. The average Bonchev–Trinajstić information content (AvgIpc) is 2.87. The largest absolute Gasteiger partial charge is 0.481 e. The van der Waals surface area contributed by atoms with E-state index in [9.17, 15) is 9.18 Å². The zero-order chi connectivity index (χ0) is 15.5. The lowest BCUT2D eigenvalue weighted by Crippen LogP contribution is -2.09. The third-order valence-corrected chi connectivity index (χ3v) is 3.18. The molecular formula is C15H13FN4O2. The molecule has 0 aliphatic heterocycles. The van der Waals surface area contributed by atoms with Crippen LogP contribution in [0.5, 0.6) is 0 Å². The molecule has 6 nitrogen and oxygen atoms in total. The monoisotopic (exact) mass is 300 g/mol. The number of nitrogens with zero attached hydrogens (tertiary/aromatic N) is 3. The Morgan fingerprint density at radius 2 is 2.09 bits per heavy atom. The lowest BCUT2D eigenvalue weighted by atomic mass is 10.1. The van der Waals surface area contributed by atoms with E-state index in [4.69, 9.17) is 5.11 Å². The first-order valence-electron chi connectivity index (χ1n) is 6.69. The van der Waals surface area contributed by atoms with Crippen molar-refractivity contribution in [3.8, 4) is 11.3 Å². The third-order valence-electron chi connectivity index (χ3n) is 3.18. The number of nitrogens with one attached hydrogen (secondary N) is 1. The zero-order valence-corrected chi connectivity index (χ0v) is 11.5. The number of fused-ring (bicyclic) bond motifs is 1. The summed E-state index contributed by atoms with van der Waals surface area (Å²) in [4.78, 5) is 19.2. The van der Waals surface area contributed by atoms with Gasteiger partial charge in [0.25, 0.3) is 0 Å². The summed E-state index contributed by atoms with van der Waals surface area (Å²) in [7, 11) is 0. The van der Waals surface area contributed by atoms with Crippen LogP contribution >= 0.6 is 0 Å². The number of rotatable bonds is 5. The van der Waals surface area contributed by atoms with E-state index < -0.39 is 5.97 Å². The van der Waals surface area contributed by atoms with E-state index in [2.05, 4.69) is 15.3 Å². The predicted octanol–water partition coefficient (Wildman–Crippen LogP) is 2.42. The Bertz CT molecular complexity index is 814. The summed E-state index contributed by atoms with van der Waals surface area (Å²) < 4.78 is 14.9. The zero-order valence-electron chi connectivity index (χ0n) is 11.5. The summed E-state index contributed by atoms with van der Waals surface area (Å²) in [5, 5.41) is 11.8. The molecule has 3 rings (SSSR count). The minimum atomic E-state index is -0.883. The number of halogens is 1. The second-order valence-corrected chi connectivity index (χ2v) is 4.69. The summed E-state index contributed by atoms with van der Waals surface area (Å²) in [6.07, 6.45) is 4.94. The molecule has 0 aliphatic rings. The Balaban J connectivity index is 2.04. The highest BCUT2D eigenvalue weighted by Gasteiger charge is 2.14. The van der Waals surface area contributed by atoms with Crippen LogP contribution in [0.25, 0.3) is 16.9 Å². The quantitative estimate of drug-likeness (QED) is 0.756. The first-order chi connectivity index (χ1) is 10.6. The smallest absolute Gasteiger partial charge is 0.305 e. The minimum Gasteiger partial charge on any atom is -0.481 e. The molecule has 0 atom stereocenters. The van der Waals surface area contributed by atoms with Gasteiger partial charge >= 0.3 is 5.97 Å². The molecule has 2 heterocycles. The molecule has 0 aliphatic carbocycles. The van der Waals surface area contributed by atoms with Gasteiger partial charge in [0, 0.05) is 24.5 Å². The number of aromatic nitrogens is 3. The molecule has 0 spiro atoms. The highest BCUT2D eigenvalue weighted by atomic mass is 19.1. The van der Waals surface area contributed by atoms with Gasteiger partial charge < -0.3 is 10.4 Å². The SMILES string of the molecule is O=C(O)CCNc1c(-c2ccc(F)cc2)nc2cnccn12. The highest BCUT2D eigenvalue weighted by Crippen LogP contribution is 2.28. The number of benzene rings is 1. The Hall–Kier alpha value is -2.96. The van der Waals surface area contributed by atoms with E-state index in [0.717, 1.165) is 5.56 Å². The van der Waals surface area contributed by atoms with Crippen LogP contribution in [0.15, 0.2) is 42.9 Å². The molecule has 3 aromatic rings. The number of hydrogen-bond acceptors (Lipinski definition) is 4. The number of hydrogen-bond donors (Lipinski definition) is 2. The summed E-state index contributed by atoms with van der Waals surface area (Å²) in [5.41, 5.74) is 1.99. The van der Waals surface area contributed by atoms with Crippen molar-refractivity contribution in [2.24, 2.45) is 0 Å². The van der Waals surface area contributed by atoms with Crippen LogP contribution in [-0.4, -0.2) is 32.0 Å². The molecule has 0 saturated heterocycles. The molecule has 0 saturated carbocycles. The molecule has 0 fully saturated rings. The topological polar surface area (TPSA) is 79.5 Å². The third kappa shape index (κ3) is 2.73. The molecule has 0 amide bonds. The maximum absolute atomic E-state index is 13.1. The van der Waals surface area contributed by atoms with E-state index in [1.807, 2.05) is 0 Å². The van der Waals surface area contributed by atoms with Gasteiger partial charge in [-0.2, -0.15) is 0 Å². The molecule has 0 radical (unpaired) electrons. The van der Waals surface area contributed by atoms with Gasteiger partial charge in [-0.3, -0.25) is 14.2 Å². The molecule has 22 heavy (non-hydrogen) atoms. The van der Waals surface area contributed by atoms with Gasteiger partial charge in [0.1, 0.15) is 17.3 Å². The van der Waals surface area contributed by atoms with Crippen molar-refractivity contribution in [2.45, 2.75) is 6.42 Å². The molecule has 7 heteroatoms. The van der Waals surface area contributed by atoms with Crippen LogP contribution < -0.4 is 5.32 Å². The number of imidazole rings is 1. The maximum Gasteiger partial charge on any atom is 0.305 e. The van der Waals surface area contributed by atoms with E-state index in [1.165, 1.54) is 12.1 Å². The van der Waals surface area contributed by atoms with Crippen LogP contribution in [-0.2, 0) is 4.79 Å². The number of carboxylic acid groups (broad SMARTS) is 1. The first-order valence-corrected chi connectivity index (χ1v) is 6.69. The molecule has 2 aromatic heterocycles. The molecule has 2 N–H and O–H groups in total. The summed E-state index contributed by atoms with van der Waals surface area (Å²) in [6.45, 7) is 0.264. The van der Waals surface area contributed by atoms with Crippen molar-refractivity contribution in [2.75, 3.05) is 11.9 Å². The Morgan fingerprint density at radius 3 is 2.82 bits per heavy atom. The normalized spacial score (nSPS) is 10.8. The van der Waals surface area contributed by atoms with Crippen molar-refractivity contribution in [3.63, 3.8) is 0 Å². The Morgan fingerprint density at radius 1 is 1.32 bits per heavy atom. The van der Waals surface area contributed by atoms with Crippen LogP contribution in [0.2, 0.25) is 0 Å². The van der Waals surface area contributed by atoms with Crippen LogP contribution in [0, 0.1) is 5.82 Å². The molecule has 0 unspecified atom stereocenters. The van der Waals surface area contributed by atoms with Gasteiger partial charge in [0.15, 0.2) is 5.65 Å². The second kappa shape index (κ2) is 5.80. The standard InChI is InChI=1S/C15H13FN4O2/c16-11-3-1-10(2-4-11)14-15(18-6-5-13(21)22)20-8-7-17-9-12(20)19-14/h1-4,7-9,18H,5-6H2,(H,21,22). The average molecular weight is 300 g/mol. The summed E-state index contributed by atoms with van der Waals surface area (Å²) >= 11 is 0. The molecule has 1 aromatic carbocycles. The highest BCUT2D eigenvalue weighted by molar-refractivity contribution is 5.76. The van der Waals surface area contributed by atoms with Crippen molar-refractivity contribution in [1.82, 2.24) is 14.4 Å². The summed E-state index contributed by atoms with van der Waals surface area (Å²) in [5.74, 6) is -0.550. The van der Waals surface area contributed by atoms with Gasteiger partial charge in [-0.25, -0.2) is 9.37 Å². The fourth-order valence-electron chi connectivity index (χ4n) is 2.17. The molecule has 0 bridgehead atoms. The van der Waals surface area contributed by atoms with Crippen molar-refractivity contribution in [3.05, 3.63) is 48.7 Å². The lowest BCUT2D eigenvalue weighted by molar-refractivity contribution is -0.136. The predicted molar refractivity (Wildman–Crippen MR) is 79.1 cm³/mol. The van der Waals surface area contributed by atoms with E-state index in [-0.39, 0.29) is 18.8 Å².